The molecule has 0 atom stereocenters. The van der Waals surface area contributed by atoms with Crippen molar-refractivity contribution in [3.63, 3.8) is 0 Å². The molecule has 0 aliphatic carbocycles. The van der Waals surface area contributed by atoms with Crippen LogP contribution in [-0.4, -0.2) is 17.4 Å². The van der Waals surface area contributed by atoms with E-state index in [9.17, 15) is 9.18 Å². The fourth-order valence-electron chi connectivity index (χ4n) is 1.75. The Balaban J connectivity index is 1.76. The fraction of sp³-hybridized carbons (Fsp3) is 0.286. The molecule has 4 nitrogen and oxygen atoms in total. The molecule has 0 fully saturated rings. The van der Waals surface area contributed by atoms with Crippen LogP contribution in [0, 0.1) is 12.7 Å². The maximum Gasteiger partial charge on any atom is 0.224 e. The zero-order chi connectivity index (χ0) is 13.7. The van der Waals surface area contributed by atoms with Gasteiger partial charge in [0.25, 0.3) is 0 Å². The Morgan fingerprint density at radius 3 is 3.00 bits per heavy atom. The van der Waals surface area contributed by atoms with Gasteiger partial charge < -0.3 is 9.73 Å². The summed E-state index contributed by atoms with van der Waals surface area (Å²) >= 11 is 0. The molecule has 0 spiro atoms. The van der Waals surface area contributed by atoms with Gasteiger partial charge in [0, 0.05) is 19.9 Å². The number of carbonyl (C=O) groups is 1. The van der Waals surface area contributed by atoms with Gasteiger partial charge in [0.05, 0.1) is 12.1 Å². The topological polar surface area (TPSA) is 55.1 Å². The number of oxazole rings is 1. The predicted molar refractivity (Wildman–Crippen MR) is 68.1 cm³/mol. The van der Waals surface area contributed by atoms with Crippen molar-refractivity contribution < 1.29 is 13.6 Å². The summed E-state index contributed by atoms with van der Waals surface area (Å²) in [6.45, 7) is 2.26. The maximum atomic E-state index is 12.9. The second kappa shape index (κ2) is 6.13. The maximum absolute atomic E-state index is 12.9. The van der Waals surface area contributed by atoms with Gasteiger partial charge in [-0.1, -0.05) is 12.1 Å². The average Bonchev–Trinajstić information content (AvgIpc) is 2.75. The largest absolute Gasteiger partial charge is 0.449 e. The molecule has 0 bridgehead atoms. The van der Waals surface area contributed by atoms with Crippen molar-refractivity contribution in [1.29, 1.82) is 0 Å². The minimum atomic E-state index is -0.330. The number of nitrogens with zero attached hydrogens (tertiary/aromatic N) is 1. The van der Waals surface area contributed by atoms with E-state index in [2.05, 4.69) is 10.3 Å². The lowest BCUT2D eigenvalue weighted by molar-refractivity contribution is -0.120. The molecule has 1 heterocycles. The van der Waals surface area contributed by atoms with Crippen molar-refractivity contribution in [1.82, 2.24) is 10.3 Å². The van der Waals surface area contributed by atoms with Crippen molar-refractivity contribution in [2.75, 3.05) is 6.54 Å². The number of amides is 1. The van der Waals surface area contributed by atoms with E-state index in [4.69, 9.17) is 4.42 Å². The van der Waals surface area contributed by atoms with Crippen LogP contribution >= 0.6 is 0 Å². The Bertz CT molecular complexity index is 566. The standard InChI is InChI=1S/C14H15FN2O2/c1-10-17-13(9-19-10)5-6-16-14(18)8-11-3-2-4-12(15)7-11/h2-4,7,9H,5-6,8H2,1H3,(H,16,18). The summed E-state index contributed by atoms with van der Waals surface area (Å²) in [5, 5.41) is 2.77. The third-order valence-electron chi connectivity index (χ3n) is 2.62. The van der Waals surface area contributed by atoms with Gasteiger partial charge in [-0.2, -0.15) is 0 Å². The van der Waals surface area contributed by atoms with E-state index < -0.39 is 0 Å². The Hall–Kier alpha value is -2.17. The van der Waals surface area contributed by atoms with Gasteiger partial charge in [0.2, 0.25) is 5.91 Å². The van der Waals surface area contributed by atoms with Gasteiger partial charge in [0.1, 0.15) is 12.1 Å². The van der Waals surface area contributed by atoms with Gasteiger partial charge in [0.15, 0.2) is 5.89 Å². The molecule has 100 valence electrons. The minimum Gasteiger partial charge on any atom is -0.449 e. The van der Waals surface area contributed by atoms with Crippen molar-refractivity contribution in [2.45, 2.75) is 19.8 Å². The van der Waals surface area contributed by atoms with E-state index in [1.807, 2.05) is 0 Å². The number of rotatable bonds is 5. The molecular formula is C14H15FN2O2. The van der Waals surface area contributed by atoms with Crippen LogP contribution in [0.1, 0.15) is 17.1 Å². The molecule has 0 saturated heterocycles. The minimum absolute atomic E-state index is 0.134. The molecule has 0 radical (unpaired) electrons. The first-order valence-electron chi connectivity index (χ1n) is 6.05. The van der Waals surface area contributed by atoms with Crippen molar-refractivity contribution in [3.05, 3.63) is 53.5 Å². The molecule has 1 amide bonds. The summed E-state index contributed by atoms with van der Waals surface area (Å²) in [5.74, 6) is 0.148. The van der Waals surface area contributed by atoms with Crippen LogP contribution in [0.15, 0.2) is 34.9 Å². The lowest BCUT2D eigenvalue weighted by atomic mass is 10.1. The van der Waals surface area contributed by atoms with E-state index in [-0.39, 0.29) is 18.1 Å². The Morgan fingerprint density at radius 2 is 2.32 bits per heavy atom. The Kier molecular flexibility index (Phi) is 4.28. The number of carbonyl (C=O) groups excluding carboxylic acids is 1. The van der Waals surface area contributed by atoms with E-state index in [1.165, 1.54) is 12.1 Å². The first-order chi connectivity index (χ1) is 9.13. The number of benzene rings is 1. The van der Waals surface area contributed by atoms with Crippen LogP contribution in [0.25, 0.3) is 0 Å². The molecule has 19 heavy (non-hydrogen) atoms. The molecule has 0 saturated carbocycles. The van der Waals surface area contributed by atoms with Crippen LogP contribution in [0.4, 0.5) is 4.39 Å². The van der Waals surface area contributed by atoms with Crippen molar-refractivity contribution in [3.8, 4) is 0 Å². The van der Waals surface area contributed by atoms with E-state index >= 15 is 0 Å². The van der Waals surface area contributed by atoms with Crippen molar-refractivity contribution >= 4 is 5.91 Å². The summed E-state index contributed by atoms with van der Waals surface area (Å²) in [7, 11) is 0. The van der Waals surface area contributed by atoms with Crippen LogP contribution in [-0.2, 0) is 17.6 Å². The second-order valence-electron chi connectivity index (χ2n) is 4.26. The highest BCUT2D eigenvalue weighted by molar-refractivity contribution is 5.78. The van der Waals surface area contributed by atoms with E-state index in [0.29, 0.717) is 24.4 Å². The van der Waals surface area contributed by atoms with Gasteiger partial charge >= 0.3 is 0 Å². The first-order valence-corrected chi connectivity index (χ1v) is 6.05. The second-order valence-corrected chi connectivity index (χ2v) is 4.26. The summed E-state index contributed by atoms with van der Waals surface area (Å²) in [5.41, 5.74) is 1.47. The van der Waals surface area contributed by atoms with Crippen molar-refractivity contribution in [2.24, 2.45) is 0 Å². The monoisotopic (exact) mass is 262 g/mol. The molecule has 2 aromatic rings. The number of halogens is 1. The normalized spacial score (nSPS) is 10.4. The summed E-state index contributed by atoms with van der Waals surface area (Å²) in [4.78, 5) is 15.8. The summed E-state index contributed by atoms with van der Waals surface area (Å²) in [6.07, 6.45) is 2.37. The number of aryl methyl sites for hydroxylation is 1. The average molecular weight is 262 g/mol. The lowest BCUT2D eigenvalue weighted by Gasteiger charge is -2.04. The highest BCUT2D eigenvalue weighted by Crippen LogP contribution is 2.04. The van der Waals surface area contributed by atoms with Gasteiger partial charge in [-0.25, -0.2) is 9.37 Å². The SMILES string of the molecule is Cc1nc(CCNC(=O)Cc2cccc(F)c2)co1. The number of hydrogen-bond acceptors (Lipinski definition) is 3. The molecule has 5 heteroatoms. The Labute approximate surface area is 110 Å². The molecule has 2 rings (SSSR count). The third-order valence-corrected chi connectivity index (χ3v) is 2.62. The van der Waals surface area contributed by atoms with Crippen LogP contribution in [0.2, 0.25) is 0 Å². The third kappa shape index (κ3) is 4.21. The molecular weight excluding hydrogens is 247 g/mol. The number of nitrogens with one attached hydrogen (secondary N) is 1. The quantitative estimate of drug-likeness (QED) is 0.897. The molecule has 0 unspecified atom stereocenters. The van der Waals surface area contributed by atoms with Crippen LogP contribution in [0.3, 0.4) is 0 Å². The van der Waals surface area contributed by atoms with Gasteiger partial charge in [-0.3, -0.25) is 4.79 Å². The number of aromatic nitrogens is 1. The molecule has 1 aromatic heterocycles. The predicted octanol–water partition coefficient (Wildman–Crippen LogP) is 2.02. The molecule has 0 aliphatic rings. The Morgan fingerprint density at radius 1 is 1.47 bits per heavy atom. The highest BCUT2D eigenvalue weighted by Gasteiger charge is 2.05. The molecule has 1 N–H and O–H groups in total. The van der Waals surface area contributed by atoms with Crippen LogP contribution in [0.5, 0.6) is 0 Å². The summed E-state index contributed by atoms with van der Waals surface area (Å²) in [6, 6.07) is 6.04. The van der Waals surface area contributed by atoms with Crippen LogP contribution < -0.4 is 5.32 Å². The zero-order valence-corrected chi connectivity index (χ0v) is 10.6. The van der Waals surface area contributed by atoms with E-state index in [0.717, 1.165) is 5.69 Å². The fourth-order valence-corrected chi connectivity index (χ4v) is 1.75. The number of hydrogen-bond donors (Lipinski definition) is 1. The first kappa shape index (κ1) is 13.3. The van der Waals surface area contributed by atoms with Gasteiger partial charge in [-0.15, -0.1) is 0 Å². The molecule has 1 aromatic carbocycles. The van der Waals surface area contributed by atoms with E-state index in [1.54, 1.807) is 25.3 Å². The molecule has 0 aliphatic heterocycles. The van der Waals surface area contributed by atoms with Gasteiger partial charge in [-0.05, 0) is 17.7 Å². The summed E-state index contributed by atoms with van der Waals surface area (Å²) < 4.78 is 18.0. The highest BCUT2D eigenvalue weighted by atomic mass is 19.1. The lowest BCUT2D eigenvalue weighted by Crippen LogP contribution is -2.27. The smallest absolute Gasteiger partial charge is 0.224 e. The zero-order valence-electron chi connectivity index (χ0n) is 10.6.